The number of amides is 4. The maximum atomic E-state index is 14.3. The van der Waals surface area contributed by atoms with Crippen LogP contribution in [0.4, 0.5) is 4.79 Å². The van der Waals surface area contributed by atoms with Gasteiger partial charge in [0.05, 0.1) is 41.9 Å². The van der Waals surface area contributed by atoms with Crippen LogP contribution in [0.15, 0.2) is 42.9 Å². The Labute approximate surface area is 349 Å². The second-order valence-corrected chi connectivity index (χ2v) is 19.1. The summed E-state index contributed by atoms with van der Waals surface area (Å²) in [6.07, 6.45) is 7.13. The Hall–Kier alpha value is -4.06. The van der Waals surface area contributed by atoms with E-state index in [9.17, 15) is 37.8 Å². The third-order valence-electron chi connectivity index (χ3n) is 10.9. The summed E-state index contributed by atoms with van der Waals surface area (Å²) >= 11 is 0. The summed E-state index contributed by atoms with van der Waals surface area (Å²) in [6, 6.07) is 7.28. The molecule has 330 valence electrons. The Morgan fingerprint density at radius 3 is 2.29 bits per heavy atom. The van der Waals surface area contributed by atoms with E-state index in [2.05, 4.69) is 30.6 Å². The van der Waals surface area contributed by atoms with Crippen LogP contribution in [-0.2, 0) is 42.0 Å². The number of nitrogens with zero attached hydrogens (tertiary/aromatic N) is 2. The summed E-state index contributed by atoms with van der Waals surface area (Å²) in [5, 5.41) is 31.0. The number of aromatic amines is 1. The van der Waals surface area contributed by atoms with Gasteiger partial charge in [-0.15, -0.1) is 0 Å². The van der Waals surface area contributed by atoms with Crippen LogP contribution in [0.2, 0.25) is 0 Å². The molecular weight excluding hydrogens is 779 g/mol. The topological polar surface area (TPSA) is 232 Å². The normalized spacial score (nSPS) is 18.2. The van der Waals surface area contributed by atoms with Crippen LogP contribution in [0, 0.1) is 11.8 Å². The molecule has 2 fully saturated rings. The number of alkyl carbamates (subject to hydrolysis) is 1. The minimum absolute atomic E-state index is 0.0271. The van der Waals surface area contributed by atoms with Crippen molar-refractivity contribution in [1.29, 1.82) is 0 Å². The summed E-state index contributed by atoms with van der Waals surface area (Å²) in [6.45, 7) is 7.64. The molecule has 16 nitrogen and oxygen atoms in total. The SMILES string of the molecule is CCCS(=O)(=O)NC[C@@H](O)C[C@H](O)[C@H](CC1CCCCC1)NC(=O)[C@H](Cc1c[nH]cn1)NC(=O)C(CC(=O)N1CCC(NC(=O)OC(C)(C)C)CC1)Cc1ccccc1. The molecule has 1 aliphatic heterocycles. The summed E-state index contributed by atoms with van der Waals surface area (Å²) < 4.78 is 32.2. The summed E-state index contributed by atoms with van der Waals surface area (Å²) in [4.78, 5) is 63.5. The first-order valence-corrected chi connectivity index (χ1v) is 22.9. The maximum absolute atomic E-state index is 14.3. The van der Waals surface area contributed by atoms with Crippen molar-refractivity contribution in [3.63, 3.8) is 0 Å². The lowest BCUT2D eigenvalue weighted by atomic mass is 9.83. The Kier molecular flexibility index (Phi) is 18.6. The number of aliphatic hydroxyl groups excluding tert-OH is 2. The van der Waals surface area contributed by atoms with E-state index in [1.807, 2.05) is 30.3 Å². The van der Waals surface area contributed by atoms with Gasteiger partial charge < -0.3 is 40.8 Å². The van der Waals surface area contributed by atoms with E-state index in [-0.39, 0.29) is 55.8 Å². The third kappa shape index (κ3) is 17.2. The number of H-pyrrole nitrogens is 1. The zero-order valence-corrected chi connectivity index (χ0v) is 36.0. The predicted molar refractivity (Wildman–Crippen MR) is 223 cm³/mol. The van der Waals surface area contributed by atoms with Crippen molar-refractivity contribution in [3.05, 3.63) is 54.1 Å². The van der Waals surface area contributed by atoms with Crippen molar-refractivity contribution in [2.24, 2.45) is 11.8 Å². The van der Waals surface area contributed by atoms with E-state index in [0.29, 0.717) is 44.5 Å². The third-order valence-corrected chi connectivity index (χ3v) is 12.5. The van der Waals surface area contributed by atoms with Crippen LogP contribution in [0.3, 0.4) is 0 Å². The first-order chi connectivity index (χ1) is 28.0. The number of hydrogen-bond acceptors (Lipinski definition) is 10. The lowest BCUT2D eigenvalue weighted by Crippen LogP contribution is -2.55. The summed E-state index contributed by atoms with van der Waals surface area (Å²) in [5.74, 6) is -1.94. The summed E-state index contributed by atoms with van der Waals surface area (Å²) in [7, 11) is -3.58. The number of piperidine rings is 1. The fraction of sp³-hybridized carbons (Fsp3) is 0.690. The van der Waals surface area contributed by atoms with E-state index in [4.69, 9.17) is 4.74 Å². The number of benzene rings is 1. The Balaban J connectivity index is 1.48. The zero-order chi connectivity index (χ0) is 43.0. The molecule has 5 atom stereocenters. The minimum Gasteiger partial charge on any atom is -0.444 e. The Morgan fingerprint density at radius 1 is 0.966 bits per heavy atom. The number of imidazole rings is 1. The van der Waals surface area contributed by atoms with Gasteiger partial charge in [0.25, 0.3) is 0 Å². The Bertz CT molecular complexity index is 1710. The molecule has 4 amide bonds. The molecule has 1 aromatic heterocycles. The van der Waals surface area contributed by atoms with Crippen molar-refractivity contribution >= 4 is 33.8 Å². The fourth-order valence-corrected chi connectivity index (χ4v) is 8.95. The van der Waals surface area contributed by atoms with E-state index >= 15 is 0 Å². The van der Waals surface area contributed by atoms with Gasteiger partial charge in [-0.25, -0.2) is 22.9 Å². The van der Waals surface area contributed by atoms with E-state index in [0.717, 1.165) is 37.7 Å². The van der Waals surface area contributed by atoms with Gasteiger partial charge in [0.2, 0.25) is 27.7 Å². The highest BCUT2D eigenvalue weighted by Gasteiger charge is 2.34. The smallest absolute Gasteiger partial charge is 0.407 e. The number of carbonyl (C=O) groups is 4. The number of nitrogens with one attached hydrogen (secondary N) is 5. The molecule has 7 N–H and O–H groups in total. The molecule has 1 aromatic carbocycles. The van der Waals surface area contributed by atoms with Crippen LogP contribution in [0.5, 0.6) is 0 Å². The molecule has 1 saturated heterocycles. The van der Waals surface area contributed by atoms with Crippen LogP contribution in [0.1, 0.15) is 110 Å². The first-order valence-electron chi connectivity index (χ1n) is 21.2. The minimum atomic E-state index is -3.58. The van der Waals surface area contributed by atoms with Crippen LogP contribution in [0.25, 0.3) is 0 Å². The highest BCUT2D eigenvalue weighted by Crippen LogP contribution is 2.29. The van der Waals surface area contributed by atoms with Crippen molar-refractivity contribution in [1.82, 2.24) is 35.5 Å². The van der Waals surface area contributed by atoms with Gasteiger partial charge in [-0.3, -0.25) is 14.4 Å². The van der Waals surface area contributed by atoms with Gasteiger partial charge in [-0.2, -0.15) is 0 Å². The molecule has 0 bridgehead atoms. The van der Waals surface area contributed by atoms with Crippen LogP contribution < -0.4 is 20.7 Å². The molecule has 2 aliphatic rings. The quantitative estimate of drug-likeness (QED) is 0.0971. The number of rotatable bonds is 21. The van der Waals surface area contributed by atoms with E-state index in [1.165, 1.54) is 6.33 Å². The highest BCUT2D eigenvalue weighted by atomic mass is 32.2. The molecule has 0 radical (unpaired) electrons. The van der Waals surface area contributed by atoms with Crippen molar-refractivity contribution in [3.8, 4) is 0 Å². The van der Waals surface area contributed by atoms with Crippen LogP contribution in [-0.4, -0.2) is 119 Å². The summed E-state index contributed by atoms with van der Waals surface area (Å²) in [5.41, 5.74) is 0.734. The molecule has 17 heteroatoms. The first kappa shape index (κ1) is 47.6. The zero-order valence-electron chi connectivity index (χ0n) is 35.2. The van der Waals surface area contributed by atoms with Gasteiger partial charge in [0, 0.05) is 51.1 Å². The number of sulfonamides is 1. The van der Waals surface area contributed by atoms with Crippen LogP contribution >= 0.6 is 0 Å². The van der Waals surface area contributed by atoms with Gasteiger partial charge in [-0.1, -0.05) is 69.4 Å². The van der Waals surface area contributed by atoms with Crippen molar-refractivity contribution < 1.29 is 42.5 Å². The van der Waals surface area contributed by atoms with Gasteiger partial charge in [0.1, 0.15) is 11.6 Å². The molecule has 1 saturated carbocycles. The number of aliphatic hydroxyl groups is 2. The number of ether oxygens (including phenoxy) is 1. The number of carbonyl (C=O) groups excluding carboxylic acids is 4. The highest BCUT2D eigenvalue weighted by molar-refractivity contribution is 7.89. The van der Waals surface area contributed by atoms with Gasteiger partial charge in [-0.05, 0) is 64.4 Å². The average molecular weight is 846 g/mol. The second-order valence-electron chi connectivity index (χ2n) is 17.2. The second kappa shape index (κ2) is 23.1. The molecule has 4 rings (SSSR count). The monoisotopic (exact) mass is 845 g/mol. The molecule has 2 aromatic rings. The molecule has 59 heavy (non-hydrogen) atoms. The molecule has 1 aliphatic carbocycles. The fourth-order valence-electron chi connectivity index (χ4n) is 7.82. The number of likely N-dealkylation sites (tertiary alicyclic amines) is 1. The molecule has 2 heterocycles. The lowest BCUT2D eigenvalue weighted by Gasteiger charge is -2.34. The average Bonchev–Trinajstić information content (AvgIpc) is 3.70. The van der Waals surface area contributed by atoms with Crippen molar-refractivity contribution in [2.45, 2.75) is 147 Å². The largest absolute Gasteiger partial charge is 0.444 e. The van der Waals surface area contributed by atoms with E-state index < -0.39 is 63.7 Å². The Morgan fingerprint density at radius 2 is 1.66 bits per heavy atom. The van der Waals surface area contributed by atoms with Crippen molar-refractivity contribution in [2.75, 3.05) is 25.4 Å². The van der Waals surface area contributed by atoms with Gasteiger partial charge in [0.15, 0.2) is 0 Å². The van der Waals surface area contributed by atoms with E-state index in [1.54, 1.807) is 38.8 Å². The predicted octanol–water partition coefficient (Wildman–Crippen LogP) is 3.10. The molecule has 0 spiro atoms. The number of aromatic nitrogens is 2. The molecule has 1 unspecified atom stereocenters. The lowest BCUT2D eigenvalue weighted by molar-refractivity contribution is -0.138. The number of hydrogen-bond donors (Lipinski definition) is 7. The van der Waals surface area contributed by atoms with Gasteiger partial charge >= 0.3 is 6.09 Å². The standard InChI is InChI=1S/C42H67N7O9S/c1-5-20-59(56,57)45-27-34(50)25-37(51)35(22-30-14-10-7-11-15-30)47-40(54)36(24-33-26-43-28-44-33)48-39(53)31(21-29-12-8-6-9-13-29)23-38(52)49-18-16-32(17-19-49)46-41(55)58-42(2,3)4/h6,8-9,12-13,26,28,30-32,34-37,45,50-51H,5,7,10-11,14-25,27H2,1-4H3,(H,43,44)(H,46,55)(H,47,54)(H,48,53)/t31?,34-,35-,36-,37-/m0/s1. The maximum Gasteiger partial charge on any atom is 0.407 e. The molecular formula is C42H67N7O9S.